The average molecular weight is 333 g/mol. The van der Waals surface area contributed by atoms with E-state index in [0.29, 0.717) is 6.10 Å². The average Bonchev–Trinajstić information content (AvgIpc) is 2.63. The fraction of sp³-hybridized carbons (Fsp3) is 0.826. The van der Waals surface area contributed by atoms with Crippen LogP contribution in [0.15, 0.2) is 24.3 Å². The van der Waals surface area contributed by atoms with Crippen LogP contribution in [0, 0.1) is 17.8 Å². The molecule has 2 rings (SSSR count). The van der Waals surface area contributed by atoms with Crippen molar-refractivity contribution in [3.8, 4) is 0 Å². The van der Waals surface area contributed by atoms with Crippen molar-refractivity contribution in [2.45, 2.75) is 97.0 Å². The molecule has 0 N–H and O–H groups in total. The minimum atomic E-state index is 0.516. The molecule has 24 heavy (non-hydrogen) atoms. The van der Waals surface area contributed by atoms with Crippen molar-refractivity contribution < 1.29 is 4.74 Å². The van der Waals surface area contributed by atoms with Crippen molar-refractivity contribution in [3.05, 3.63) is 24.3 Å². The number of rotatable bonds is 9. The van der Waals surface area contributed by atoms with E-state index < -0.39 is 0 Å². The van der Waals surface area contributed by atoms with Gasteiger partial charge in [-0.05, 0) is 63.2 Å². The summed E-state index contributed by atoms with van der Waals surface area (Å²) < 4.78 is 6.02. The summed E-state index contributed by atoms with van der Waals surface area (Å²) in [4.78, 5) is 0. The Morgan fingerprint density at radius 2 is 1.50 bits per heavy atom. The monoisotopic (exact) mass is 332 g/mol. The number of allylic oxidation sites excluding steroid dienone is 3. The van der Waals surface area contributed by atoms with Crippen molar-refractivity contribution in [2.24, 2.45) is 17.8 Å². The minimum absolute atomic E-state index is 0.516. The van der Waals surface area contributed by atoms with Gasteiger partial charge in [0.1, 0.15) is 0 Å². The molecule has 0 heterocycles. The predicted molar refractivity (Wildman–Crippen MR) is 105 cm³/mol. The quantitative estimate of drug-likeness (QED) is 0.324. The van der Waals surface area contributed by atoms with Crippen LogP contribution in [0.4, 0.5) is 0 Å². The van der Waals surface area contributed by atoms with Gasteiger partial charge in [-0.3, -0.25) is 0 Å². The first-order valence-electron chi connectivity index (χ1n) is 10.7. The highest BCUT2D eigenvalue weighted by molar-refractivity contribution is 5.01. The summed E-state index contributed by atoms with van der Waals surface area (Å²) in [5, 5.41) is 0. The summed E-state index contributed by atoms with van der Waals surface area (Å²) in [7, 11) is 0. The number of ether oxygens (including phenoxy) is 1. The van der Waals surface area contributed by atoms with E-state index in [-0.39, 0.29) is 0 Å². The van der Waals surface area contributed by atoms with Gasteiger partial charge in [-0.2, -0.15) is 0 Å². The van der Waals surface area contributed by atoms with Crippen LogP contribution in [0.1, 0.15) is 90.9 Å². The van der Waals surface area contributed by atoms with E-state index in [1.165, 1.54) is 77.0 Å². The molecule has 0 aromatic heterocycles. The maximum absolute atomic E-state index is 6.02. The van der Waals surface area contributed by atoms with Gasteiger partial charge in [0.2, 0.25) is 0 Å². The van der Waals surface area contributed by atoms with Crippen LogP contribution in [-0.4, -0.2) is 12.7 Å². The van der Waals surface area contributed by atoms with Gasteiger partial charge in [0.05, 0.1) is 12.7 Å². The Kier molecular flexibility index (Phi) is 9.80. The standard InChI is InChI=1S/C23H40O/c1-3-5-7-9-19-24-23-17-15-22(16-18-23)21-13-11-20(12-14-21)10-8-6-4-2/h3,5,7,9,20-23H,4,6,8,10-19H2,1-2H3/b5-3+,9-7+. The first-order chi connectivity index (χ1) is 11.8. The predicted octanol–water partition coefficient (Wildman–Crippen LogP) is 7.08. The van der Waals surface area contributed by atoms with Crippen molar-refractivity contribution >= 4 is 0 Å². The molecule has 2 saturated carbocycles. The SMILES string of the molecule is C/C=C/C=C/COC1CCC(C2CCC(CCCCC)CC2)CC1. The van der Waals surface area contributed by atoms with Crippen molar-refractivity contribution in [3.63, 3.8) is 0 Å². The summed E-state index contributed by atoms with van der Waals surface area (Å²) in [5.41, 5.74) is 0. The summed E-state index contributed by atoms with van der Waals surface area (Å²) >= 11 is 0. The summed E-state index contributed by atoms with van der Waals surface area (Å²) in [6, 6.07) is 0. The molecule has 0 radical (unpaired) electrons. The molecule has 0 atom stereocenters. The second-order valence-corrected chi connectivity index (χ2v) is 8.10. The lowest BCUT2D eigenvalue weighted by Crippen LogP contribution is -2.28. The molecule has 0 aliphatic heterocycles. The number of hydrogen-bond acceptors (Lipinski definition) is 1. The second kappa shape index (κ2) is 11.9. The van der Waals surface area contributed by atoms with Crippen LogP contribution < -0.4 is 0 Å². The maximum Gasteiger partial charge on any atom is 0.0654 e. The molecule has 2 aliphatic carbocycles. The smallest absolute Gasteiger partial charge is 0.0654 e. The maximum atomic E-state index is 6.02. The van der Waals surface area contributed by atoms with E-state index >= 15 is 0 Å². The van der Waals surface area contributed by atoms with E-state index in [1.807, 2.05) is 6.92 Å². The molecule has 0 amide bonds. The lowest BCUT2D eigenvalue weighted by atomic mass is 9.70. The zero-order chi connectivity index (χ0) is 17.0. The largest absolute Gasteiger partial charge is 0.374 e. The minimum Gasteiger partial charge on any atom is -0.374 e. The molecule has 1 heteroatoms. The van der Waals surface area contributed by atoms with Crippen LogP contribution in [0.25, 0.3) is 0 Å². The molecule has 0 unspecified atom stereocenters. The van der Waals surface area contributed by atoms with Gasteiger partial charge in [-0.15, -0.1) is 0 Å². The van der Waals surface area contributed by atoms with Crippen molar-refractivity contribution in [2.75, 3.05) is 6.61 Å². The lowest BCUT2D eigenvalue weighted by Gasteiger charge is -2.37. The first-order valence-corrected chi connectivity index (χ1v) is 10.7. The third kappa shape index (κ3) is 7.13. The molecule has 0 spiro atoms. The number of unbranched alkanes of at least 4 members (excludes halogenated alkanes) is 2. The summed E-state index contributed by atoms with van der Waals surface area (Å²) in [6.45, 7) is 5.14. The van der Waals surface area contributed by atoms with Crippen molar-refractivity contribution in [1.82, 2.24) is 0 Å². The van der Waals surface area contributed by atoms with Gasteiger partial charge in [0, 0.05) is 0 Å². The van der Waals surface area contributed by atoms with E-state index in [4.69, 9.17) is 4.74 Å². The molecule has 0 saturated heterocycles. The van der Waals surface area contributed by atoms with E-state index in [9.17, 15) is 0 Å². The van der Waals surface area contributed by atoms with Gasteiger partial charge in [-0.1, -0.05) is 69.8 Å². The van der Waals surface area contributed by atoms with Gasteiger partial charge >= 0.3 is 0 Å². The van der Waals surface area contributed by atoms with Gasteiger partial charge in [-0.25, -0.2) is 0 Å². The fourth-order valence-electron chi connectivity index (χ4n) is 4.79. The Balaban J connectivity index is 1.58. The van der Waals surface area contributed by atoms with Crippen LogP contribution in [0.5, 0.6) is 0 Å². The molecule has 0 aromatic carbocycles. The fourth-order valence-corrected chi connectivity index (χ4v) is 4.79. The highest BCUT2D eigenvalue weighted by atomic mass is 16.5. The van der Waals surface area contributed by atoms with Gasteiger partial charge < -0.3 is 4.74 Å². The third-order valence-corrected chi connectivity index (χ3v) is 6.36. The second-order valence-electron chi connectivity index (χ2n) is 8.10. The van der Waals surface area contributed by atoms with Gasteiger partial charge in [0.15, 0.2) is 0 Å². The van der Waals surface area contributed by atoms with E-state index in [2.05, 4.69) is 31.2 Å². The molecular weight excluding hydrogens is 292 g/mol. The third-order valence-electron chi connectivity index (χ3n) is 6.36. The summed E-state index contributed by atoms with van der Waals surface area (Å²) in [6.07, 6.45) is 26.1. The Hall–Kier alpha value is -0.560. The zero-order valence-corrected chi connectivity index (χ0v) is 16.2. The Labute approximate surface area is 150 Å². The molecule has 0 aromatic rings. The van der Waals surface area contributed by atoms with Crippen LogP contribution in [0.3, 0.4) is 0 Å². The van der Waals surface area contributed by atoms with Crippen LogP contribution in [-0.2, 0) is 4.74 Å². The molecular formula is C23H40O. The normalized spacial score (nSPS) is 31.9. The first kappa shape index (κ1) is 19.8. The van der Waals surface area contributed by atoms with Crippen LogP contribution in [0.2, 0.25) is 0 Å². The van der Waals surface area contributed by atoms with Crippen LogP contribution >= 0.6 is 0 Å². The Morgan fingerprint density at radius 1 is 0.833 bits per heavy atom. The molecule has 138 valence electrons. The van der Waals surface area contributed by atoms with Gasteiger partial charge in [0.25, 0.3) is 0 Å². The number of hydrogen-bond donors (Lipinski definition) is 0. The van der Waals surface area contributed by atoms with E-state index in [1.54, 1.807) is 0 Å². The van der Waals surface area contributed by atoms with E-state index in [0.717, 1.165) is 24.4 Å². The lowest BCUT2D eigenvalue weighted by molar-refractivity contribution is 0.0210. The molecule has 2 aliphatic rings. The Bertz CT molecular complexity index is 354. The molecule has 1 nitrogen and oxygen atoms in total. The van der Waals surface area contributed by atoms with Crippen molar-refractivity contribution in [1.29, 1.82) is 0 Å². The zero-order valence-electron chi connectivity index (χ0n) is 16.2. The summed E-state index contributed by atoms with van der Waals surface area (Å²) in [5.74, 6) is 3.08. The highest BCUT2D eigenvalue weighted by Gasteiger charge is 2.30. The molecule has 2 fully saturated rings. The Morgan fingerprint density at radius 3 is 2.12 bits per heavy atom. The molecule has 0 bridgehead atoms. The highest BCUT2D eigenvalue weighted by Crippen LogP contribution is 2.41. The topological polar surface area (TPSA) is 9.23 Å².